The molecule has 1 fully saturated rings. The third-order valence-electron chi connectivity index (χ3n) is 5.82. The summed E-state index contributed by atoms with van der Waals surface area (Å²) < 4.78 is 6.36. The molecule has 1 atom stereocenters. The lowest BCUT2D eigenvalue weighted by molar-refractivity contribution is -0.132. The molecule has 0 spiro atoms. The quantitative estimate of drug-likeness (QED) is 0.503. The van der Waals surface area contributed by atoms with Gasteiger partial charge < -0.3 is 9.64 Å². The second-order valence-electron chi connectivity index (χ2n) is 7.81. The predicted molar refractivity (Wildman–Crippen MR) is 127 cm³/mol. The summed E-state index contributed by atoms with van der Waals surface area (Å²) in [4.78, 5) is 17.3. The highest BCUT2D eigenvalue weighted by Crippen LogP contribution is 2.30. The summed E-state index contributed by atoms with van der Waals surface area (Å²) in [5.41, 5.74) is 3.54. The number of ether oxygens (including phenoxy) is 1. The van der Waals surface area contributed by atoms with E-state index in [9.17, 15) is 4.79 Å². The molecule has 1 heterocycles. The van der Waals surface area contributed by atoms with Gasteiger partial charge in [0, 0.05) is 30.7 Å². The van der Waals surface area contributed by atoms with Crippen LogP contribution >= 0.6 is 15.9 Å². The van der Waals surface area contributed by atoms with Gasteiger partial charge in [0.2, 0.25) is 5.91 Å². The highest BCUT2D eigenvalue weighted by molar-refractivity contribution is 9.10. The van der Waals surface area contributed by atoms with Gasteiger partial charge in [-0.05, 0) is 41.0 Å². The zero-order valence-electron chi connectivity index (χ0n) is 17.7. The van der Waals surface area contributed by atoms with Crippen LogP contribution < -0.4 is 4.74 Å². The van der Waals surface area contributed by atoms with Crippen molar-refractivity contribution in [2.45, 2.75) is 12.5 Å². The van der Waals surface area contributed by atoms with Gasteiger partial charge in [0.15, 0.2) is 0 Å². The molecule has 4 rings (SSSR count). The molecule has 3 aromatic rings. The van der Waals surface area contributed by atoms with E-state index in [1.807, 2.05) is 29.2 Å². The third kappa shape index (κ3) is 5.35. The molecule has 0 N–H and O–H groups in total. The van der Waals surface area contributed by atoms with E-state index in [2.05, 4.69) is 75.4 Å². The molecule has 31 heavy (non-hydrogen) atoms. The van der Waals surface area contributed by atoms with Crippen molar-refractivity contribution < 1.29 is 9.53 Å². The first kappa shape index (κ1) is 21.6. The van der Waals surface area contributed by atoms with Gasteiger partial charge in [0.05, 0.1) is 19.6 Å². The number of piperazine rings is 1. The van der Waals surface area contributed by atoms with Crippen molar-refractivity contribution in [2.24, 2.45) is 0 Å². The van der Waals surface area contributed by atoms with Crippen molar-refractivity contribution in [3.8, 4) is 5.75 Å². The smallest absolute Gasteiger partial charge is 0.227 e. The number of rotatable bonds is 6. The van der Waals surface area contributed by atoms with Crippen LogP contribution in [0, 0.1) is 0 Å². The molecule has 5 heteroatoms. The molecule has 3 aromatic carbocycles. The lowest BCUT2D eigenvalue weighted by Crippen LogP contribution is -2.50. The SMILES string of the molecule is COc1cccc(CC(=O)N2CCN(C(c3ccccc3)c3ccc(Br)cc3)CC2)c1. The Hall–Kier alpha value is -2.63. The van der Waals surface area contributed by atoms with Gasteiger partial charge in [-0.1, -0.05) is 70.5 Å². The van der Waals surface area contributed by atoms with Crippen LogP contribution in [0.5, 0.6) is 5.75 Å². The molecule has 1 amide bonds. The topological polar surface area (TPSA) is 32.8 Å². The summed E-state index contributed by atoms with van der Waals surface area (Å²) in [6.45, 7) is 3.17. The van der Waals surface area contributed by atoms with E-state index in [0.29, 0.717) is 6.42 Å². The van der Waals surface area contributed by atoms with Gasteiger partial charge in [-0.2, -0.15) is 0 Å². The number of carbonyl (C=O) groups is 1. The maximum Gasteiger partial charge on any atom is 0.227 e. The van der Waals surface area contributed by atoms with E-state index in [-0.39, 0.29) is 11.9 Å². The molecule has 1 unspecified atom stereocenters. The Kier molecular flexibility index (Phi) is 7.05. The van der Waals surface area contributed by atoms with Gasteiger partial charge in [0.25, 0.3) is 0 Å². The molecule has 160 valence electrons. The third-order valence-corrected chi connectivity index (χ3v) is 6.35. The van der Waals surface area contributed by atoms with Crippen LogP contribution in [0.15, 0.2) is 83.3 Å². The Morgan fingerprint density at radius 2 is 1.58 bits per heavy atom. The predicted octanol–water partition coefficient (Wildman–Crippen LogP) is 4.93. The molecule has 0 aromatic heterocycles. The van der Waals surface area contributed by atoms with Gasteiger partial charge in [-0.3, -0.25) is 9.69 Å². The lowest BCUT2D eigenvalue weighted by Gasteiger charge is -2.40. The second kappa shape index (κ2) is 10.1. The average Bonchev–Trinajstić information content (AvgIpc) is 2.82. The molecular weight excluding hydrogens is 452 g/mol. The number of hydrogen-bond acceptors (Lipinski definition) is 3. The summed E-state index contributed by atoms with van der Waals surface area (Å²) in [6, 6.07) is 27.1. The first-order chi connectivity index (χ1) is 15.1. The minimum Gasteiger partial charge on any atom is -0.497 e. The molecule has 1 aliphatic rings. The fraction of sp³-hybridized carbons (Fsp3) is 0.269. The number of hydrogen-bond donors (Lipinski definition) is 0. The fourth-order valence-electron chi connectivity index (χ4n) is 4.19. The minimum absolute atomic E-state index is 0.174. The van der Waals surface area contributed by atoms with Crippen LogP contribution in [0.3, 0.4) is 0 Å². The molecule has 1 aliphatic heterocycles. The molecule has 0 aliphatic carbocycles. The van der Waals surface area contributed by atoms with Crippen LogP contribution in [-0.2, 0) is 11.2 Å². The van der Waals surface area contributed by atoms with Gasteiger partial charge in [-0.15, -0.1) is 0 Å². The van der Waals surface area contributed by atoms with Crippen LogP contribution in [-0.4, -0.2) is 49.0 Å². The lowest BCUT2D eigenvalue weighted by atomic mass is 9.96. The fourth-order valence-corrected chi connectivity index (χ4v) is 4.46. The maximum absolute atomic E-state index is 12.9. The van der Waals surface area contributed by atoms with E-state index in [1.54, 1.807) is 7.11 Å². The van der Waals surface area contributed by atoms with E-state index >= 15 is 0 Å². The number of methoxy groups -OCH3 is 1. The maximum atomic E-state index is 12.9. The van der Waals surface area contributed by atoms with E-state index < -0.39 is 0 Å². The number of carbonyl (C=O) groups excluding carboxylic acids is 1. The van der Waals surface area contributed by atoms with Crippen molar-refractivity contribution in [2.75, 3.05) is 33.3 Å². The van der Waals surface area contributed by atoms with Crippen LogP contribution in [0.2, 0.25) is 0 Å². The van der Waals surface area contributed by atoms with Crippen LogP contribution in [0.4, 0.5) is 0 Å². The molecule has 0 radical (unpaired) electrons. The second-order valence-corrected chi connectivity index (χ2v) is 8.73. The minimum atomic E-state index is 0.174. The Labute approximate surface area is 192 Å². The number of amides is 1. The van der Waals surface area contributed by atoms with Crippen molar-refractivity contribution in [1.29, 1.82) is 0 Å². The summed E-state index contributed by atoms with van der Waals surface area (Å²) in [5.74, 6) is 0.961. The van der Waals surface area contributed by atoms with E-state index in [1.165, 1.54) is 11.1 Å². The Balaban J connectivity index is 1.45. The summed E-state index contributed by atoms with van der Waals surface area (Å²) in [6.07, 6.45) is 0.409. The summed E-state index contributed by atoms with van der Waals surface area (Å²) >= 11 is 3.54. The van der Waals surface area contributed by atoms with Gasteiger partial charge in [0.1, 0.15) is 5.75 Å². The number of halogens is 1. The standard InChI is InChI=1S/C26H27BrN2O2/c1-31-24-9-5-6-20(18-24)19-25(30)28-14-16-29(17-15-28)26(21-7-3-2-4-8-21)22-10-12-23(27)13-11-22/h2-13,18,26H,14-17,19H2,1H3. The zero-order chi connectivity index (χ0) is 21.6. The first-order valence-electron chi connectivity index (χ1n) is 10.6. The zero-order valence-corrected chi connectivity index (χ0v) is 19.3. The summed E-state index contributed by atoms with van der Waals surface area (Å²) in [5, 5.41) is 0. The van der Waals surface area contributed by atoms with Crippen LogP contribution in [0.25, 0.3) is 0 Å². The average molecular weight is 479 g/mol. The van der Waals surface area contributed by atoms with E-state index in [0.717, 1.165) is 42.0 Å². The van der Waals surface area contributed by atoms with E-state index in [4.69, 9.17) is 4.74 Å². The van der Waals surface area contributed by atoms with Crippen molar-refractivity contribution in [3.05, 3.63) is 100 Å². The monoisotopic (exact) mass is 478 g/mol. The number of nitrogens with zero attached hydrogens (tertiary/aromatic N) is 2. The Bertz CT molecular complexity index is 999. The largest absolute Gasteiger partial charge is 0.497 e. The molecule has 0 saturated carbocycles. The highest BCUT2D eigenvalue weighted by Gasteiger charge is 2.28. The molecular formula is C26H27BrN2O2. The van der Waals surface area contributed by atoms with Crippen molar-refractivity contribution >= 4 is 21.8 Å². The van der Waals surface area contributed by atoms with Crippen LogP contribution in [0.1, 0.15) is 22.7 Å². The molecule has 0 bridgehead atoms. The number of benzene rings is 3. The van der Waals surface area contributed by atoms with Gasteiger partial charge in [-0.25, -0.2) is 0 Å². The Morgan fingerprint density at radius 3 is 2.26 bits per heavy atom. The molecule has 4 nitrogen and oxygen atoms in total. The molecule has 1 saturated heterocycles. The normalized spacial score (nSPS) is 15.5. The Morgan fingerprint density at radius 1 is 0.903 bits per heavy atom. The van der Waals surface area contributed by atoms with Crippen molar-refractivity contribution in [1.82, 2.24) is 9.80 Å². The summed E-state index contributed by atoms with van der Waals surface area (Å²) in [7, 11) is 1.65. The van der Waals surface area contributed by atoms with Gasteiger partial charge >= 0.3 is 0 Å². The highest BCUT2D eigenvalue weighted by atomic mass is 79.9. The first-order valence-corrected chi connectivity index (χ1v) is 11.4. The van der Waals surface area contributed by atoms with Crippen molar-refractivity contribution in [3.63, 3.8) is 0 Å².